The fourth-order valence-electron chi connectivity index (χ4n) is 3.04. The lowest BCUT2D eigenvalue weighted by atomic mass is 10.1. The van der Waals surface area contributed by atoms with Crippen molar-refractivity contribution in [2.45, 2.75) is 45.8 Å². The summed E-state index contributed by atoms with van der Waals surface area (Å²) in [4.78, 5) is 6.14. The van der Waals surface area contributed by atoms with E-state index in [0.29, 0.717) is 12.5 Å². The molecular weight excluding hydrogens is 487 g/mol. The molecule has 0 aromatic carbocycles. The highest BCUT2D eigenvalue weighted by Crippen LogP contribution is 2.14. The van der Waals surface area contributed by atoms with Crippen molar-refractivity contribution in [3.8, 4) is 0 Å². The van der Waals surface area contributed by atoms with E-state index in [-0.39, 0.29) is 30.1 Å². The van der Waals surface area contributed by atoms with Gasteiger partial charge in [0.15, 0.2) is 11.8 Å². The normalized spacial score (nSPS) is 18.0. The molecule has 2 atom stereocenters. The number of halogens is 1. The Morgan fingerprint density at radius 3 is 2.93 bits per heavy atom. The van der Waals surface area contributed by atoms with E-state index in [0.717, 1.165) is 56.6 Å². The highest BCUT2D eigenvalue weighted by Gasteiger charge is 2.16. The molecular formula is C19H31IN6OS. The third-order valence-corrected chi connectivity index (χ3v) is 5.73. The van der Waals surface area contributed by atoms with Crippen LogP contribution in [0.4, 0.5) is 0 Å². The van der Waals surface area contributed by atoms with Crippen molar-refractivity contribution >= 4 is 41.3 Å². The van der Waals surface area contributed by atoms with Crippen molar-refractivity contribution < 1.29 is 4.74 Å². The minimum atomic E-state index is 0. The summed E-state index contributed by atoms with van der Waals surface area (Å²) in [6, 6.07) is 4.31. The van der Waals surface area contributed by atoms with E-state index in [9.17, 15) is 0 Å². The number of rotatable bonds is 8. The van der Waals surface area contributed by atoms with E-state index in [1.54, 1.807) is 0 Å². The lowest BCUT2D eigenvalue weighted by Crippen LogP contribution is -2.43. The van der Waals surface area contributed by atoms with Gasteiger partial charge in [-0.3, -0.25) is 0 Å². The molecule has 2 aromatic heterocycles. The Balaban J connectivity index is 0.00000280. The predicted octanol–water partition coefficient (Wildman–Crippen LogP) is 2.90. The van der Waals surface area contributed by atoms with E-state index in [2.05, 4.69) is 45.3 Å². The second kappa shape index (κ2) is 11.7. The summed E-state index contributed by atoms with van der Waals surface area (Å²) in [5.41, 5.74) is 0. The average molecular weight is 518 g/mol. The van der Waals surface area contributed by atoms with Crippen molar-refractivity contribution in [3.63, 3.8) is 0 Å². The summed E-state index contributed by atoms with van der Waals surface area (Å²) < 4.78 is 7.69. The number of aryl methyl sites for hydroxylation is 1. The predicted molar refractivity (Wildman–Crippen MR) is 124 cm³/mol. The van der Waals surface area contributed by atoms with Crippen LogP contribution >= 0.6 is 35.3 Å². The summed E-state index contributed by atoms with van der Waals surface area (Å²) in [6.45, 7) is 7.22. The molecule has 9 heteroatoms. The molecule has 1 saturated heterocycles. The zero-order chi connectivity index (χ0) is 19.1. The molecule has 2 unspecified atom stereocenters. The lowest BCUT2D eigenvalue weighted by molar-refractivity contribution is 0.113. The molecule has 28 heavy (non-hydrogen) atoms. The number of aliphatic imine (C=N–C) groups is 1. The minimum Gasteiger partial charge on any atom is -0.376 e. The minimum absolute atomic E-state index is 0. The molecule has 3 rings (SSSR count). The van der Waals surface area contributed by atoms with Crippen molar-refractivity contribution in [2.75, 3.05) is 19.7 Å². The molecule has 156 valence electrons. The van der Waals surface area contributed by atoms with Gasteiger partial charge < -0.3 is 19.9 Å². The fourth-order valence-corrected chi connectivity index (χ4v) is 3.91. The monoisotopic (exact) mass is 518 g/mol. The van der Waals surface area contributed by atoms with Crippen LogP contribution in [0, 0.1) is 12.8 Å². The van der Waals surface area contributed by atoms with Crippen molar-refractivity contribution in [1.82, 2.24) is 25.4 Å². The number of ether oxygens (including phenoxy) is 1. The maximum atomic E-state index is 5.71. The number of hydrogen-bond acceptors (Lipinski definition) is 5. The maximum absolute atomic E-state index is 5.71. The van der Waals surface area contributed by atoms with Gasteiger partial charge in [0.05, 0.1) is 6.10 Å². The van der Waals surface area contributed by atoms with E-state index < -0.39 is 0 Å². The Labute approximate surface area is 188 Å². The van der Waals surface area contributed by atoms with Gasteiger partial charge in [0, 0.05) is 31.6 Å². The first kappa shape index (κ1) is 23.1. The summed E-state index contributed by atoms with van der Waals surface area (Å²) >= 11 is 1.82. The Morgan fingerprint density at radius 1 is 1.43 bits per heavy atom. The Hall–Kier alpha value is -1.20. The first-order chi connectivity index (χ1) is 13.1. The van der Waals surface area contributed by atoms with Gasteiger partial charge in [-0.1, -0.05) is 13.0 Å². The van der Waals surface area contributed by atoms with Crippen LogP contribution in [-0.2, 0) is 24.8 Å². The number of hydrogen-bond donors (Lipinski definition) is 2. The first-order valence-corrected chi connectivity index (χ1v) is 10.5. The van der Waals surface area contributed by atoms with Crippen LogP contribution < -0.4 is 10.6 Å². The molecule has 2 aromatic rings. The van der Waals surface area contributed by atoms with E-state index in [4.69, 9.17) is 9.73 Å². The van der Waals surface area contributed by atoms with Gasteiger partial charge in [-0.15, -0.1) is 45.5 Å². The SMILES string of the molecule is Cc1nnc(CN=C(NCC(C)Cc2cccs2)NCC2CCCO2)n1C.I. The Morgan fingerprint density at radius 2 is 2.29 bits per heavy atom. The van der Waals surface area contributed by atoms with Gasteiger partial charge in [0.1, 0.15) is 12.4 Å². The fraction of sp³-hybridized carbons (Fsp3) is 0.632. The van der Waals surface area contributed by atoms with Crippen LogP contribution in [-0.4, -0.2) is 46.5 Å². The van der Waals surface area contributed by atoms with Crippen LogP contribution in [0.15, 0.2) is 22.5 Å². The summed E-state index contributed by atoms with van der Waals surface area (Å²) in [5, 5.41) is 17.3. The van der Waals surface area contributed by atoms with Gasteiger partial charge in [-0.2, -0.15) is 0 Å². The molecule has 1 aliphatic rings. The summed E-state index contributed by atoms with van der Waals surface area (Å²) in [7, 11) is 1.97. The molecule has 0 radical (unpaired) electrons. The summed E-state index contributed by atoms with van der Waals surface area (Å²) in [5.74, 6) is 3.09. The summed E-state index contributed by atoms with van der Waals surface area (Å²) in [6.07, 6.45) is 3.60. The molecule has 1 aliphatic heterocycles. The van der Waals surface area contributed by atoms with Crippen LogP contribution in [0.5, 0.6) is 0 Å². The van der Waals surface area contributed by atoms with E-state index in [1.807, 2.05) is 29.9 Å². The molecule has 0 aliphatic carbocycles. The standard InChI is InChI=1S/C19H30N6OS.HI/c1-14(10-17-7-5-9-27-17)11-20-19(21-12-16-6-4-8-26-16)22-13-18-24-23-15(2)25(18)3;/h5,7,9,14,16H,4,6,8,10-13H2,1-3H3,(H2,20,21,22);1H. The zero-order valence-corrected chi connectivity index (χ0v) is 20.0. The van der Waals surface area contributed by atoms with Crippen LogP contribution in [0.2, 0.25) is 0 Å². The van der Waals surface area contributed by atoms with Gasteiger partial charge in [0.2, 0.25) is 0 Å². The smallest absolute Gasteiger partial charge is 0.191 e. The quantitative estimate of drug-likeness (QED) is 0.320. The van der Waals surface area contributed by atoms with E-state index >= 15 is 0 Å². The topological polar surface area (TPSA) is 76.4 Å². The number of aromatic nitrogens is 3. The second-order valence-electron chi connectivity index (χ2n) is 7.17. The molecule has 0 amide bonds. The average Bonchev–Trinajstić information content (AvgIpc) is 3.40. The number of thiophene rings is 1. The highest BCUT2D eigenvalue weighted by atomic mass is 127. The third kappa shape index (κ3) is 7.00. The highest BCUT2D eigenvalue weighted by molar-refractivity contribution is 14.0. The zero-order valence-electron chi connectivity index (χ0n) is 16.9. The molecule has 0 saturated carbocycles. The van der Waals surface area contributed by atoms with Crippen LogP contribution in [0.1, 0.15) is 36.3 Å². The largest absolute Gasteiger partial charge is 0.376 e. The molecule has 3 heterocycles. The van der Waals surface area contributed by atoms with Crippen molar-refractivity contribution in [2.24, 2.45) is 18.0 Å². The maximum Gasteiger partial charge on any atom is 0.191 e. The van der Waals surface area contributed by atoms with Gasteiger partial charge >= 0.3 is 0 Å². The molecule has 0 spiro atoms. The molecule has 1 fully saturated rings. The molecule has 7 nitrogen and oxygen atoms in total. The lowest BCUT2D eigenvalue weighted by Gasteiger charge is -2.18. The van der Waals surface area contributed by atoms with Crippen LogP contribution in [0.3, 0.4) is 0 Å². The molecule has 2 N–H and O–H groups in total. The van der Waals surface area contributed by atoms with Gasteiger partial charge in [0.25, 0.3) is 0 Å². The first-order valence-electron chi connectivity index (χ1n) is 9.63. The third-order valence-electron chi connectivity index (χ3n) is 4.83. The van der Waals surface area contributed by atoms with Gasteiger partial charge in [-0.05, 0) is 43.6 Å². The number of nitrogens with one attached hydrogen (secondary N) is 2. The number of nitrogens with zero attached hydrogens (tertiary/aromatic N) is 4. The van der Waals surface area contributed by atoms with Crippen molar-refractivity contribution in [3.05, 3.63) is 34.0 Å². The van der Waals surface area contributed by atoms with Crippen LogP contribution in [0.25, 0.3) is 0 Å². The van der Waals surface area contributed by atoms with E-state index in [1.165, 1.54) is 4.88 Å². The Kier molecular flexibility index (Phi) is 9.66. The molecule has 0 bridgehead atoms. The van der Waals surface area contributed by atoms with Gasteiger partial charge in [-0.25, -0.2) is 4.99 Å². The Bertz CT molecular complexity index is 727. The van der Waals surface area contributed by atoms with Crippen molar-refractivity contribution in [1.29, 1.82) is 0 Å². The number of guanidine groups is 1. The second-order valence-corrected chi connectivity index (χ2v) is 8.21.